The minimum Gasteiger partial charge on any atom is -0.452 e. The first-order valence-electron chi connectivity index (χ1n) is 9.21. The van der Waals surface area contributed by atoms with Gasteiger partial charge in [0.2, 0.25) is 0 Å². The Morgan fingerprint density at radius 1 is 1.15 bits per heavy atom. The van der Waals surface area contributed by atoms with Gasteiger partial charge in [0.1, 0.15) is 0 Å². The number of benzene rings is 1. The maximum Gasteiger partial charge on any atom is 0.308 e. The third-order valence-corrected chi connectivity index (χ3v) is 4.64. The Kier molecular flexibility index (Phi) is 7.18. The van der Waals surface area contributed by atoms with Gasteiger partial charge in [-0.2, -0.15) is 0 Å². The normalized spacial score (nSPS) is 17.3. The molecule has 26 heavy (non-hydrogen) atoms. The molecule has 2 amide bonds. The summed E-state index contributed by atoms with van der Waals surface area (Å²) in [7, 11) is 0. The van der Waals surface area contributed by atoms with E-state index in [0.29, 0.717) is 24.6 Å². The smallest absolute Gasteiger partial charge is 0.308 e. The molecule has 1 fully saturated rings. The van der Waals surface area contributed by atoms with Crippen LogP contribution in [0.2, 0.25) is 0 Å². The Hall–Kier alpha value is -2.37. The molecule has 1 aliphatic heterocycles. The fraction of sp³-hybridized carbons (Fsp3) is 0.550. The average Bonchev–Trinajstić information content (AvgIpc) is 2.62. The minimum atomic E-state index is -0.798. The highest BCUT2D eigenvalue weighted by Gasteiger charge is 2.27. The van der Waals surface area contributed by atoms with E-state index in [1.807, 2.05) is 6.07 Å². The lowest BCUT2D eigenvalue weighted by molar-refractivity contribution is -0.160. The van der Waals surface area contributed by atoms with Gasteiger partial charge in [-0.15, -0.1) is 0 Å². The molecular formula is C20H28N2O4. The molecule has 0 aromatic heterocycles. The van der Waals surface area contributed by atoms with Crippen molar-refractivity contribution in [3.63, 3.8) is 0 Å². The molecule has 1 aromatic carbocycles. The first-order valence-corrected chi connectivity index (χ1v) is 9.21. The van der Waals surface area contributed by atoms with Crippen LogP contribution in [0.3, 0.4) is 0 Å². The number of amides is 2. The molecule has 0 aliphatic carbocycles. The average molecular weight is 360 g/mol. The SMILES string of the molecule is CC1CCN(C(=O)C(C)OC(=O)CC(C)NC(=O)c2ccccc2)CC1. The number of carbonyl (C=O) groups excluding carboxylic acids is 3. The summed E-state index contributed by atoms with van der Waals surface area (Å²) in [5.41, 5.74) is 0.538. The van der Waals surface area contributed by atoms with E-state index in [4.69, 9.17) is 4.74 Å². The summed E-state index contributed by atoms with van der Waals surface area (Å²) in [6, 6.07) is 8.43. The van der Waals surface area contributed by atoms with Crippen LogP contribution in [0.4, 0.5) is 0 Å². The molecule has 2 rings (SSSR count). The highest BCUT2D eigenvalue weighted by atomic mass is 16.5. The van der Waals surface area contributed by atoms with Crippen LogP contribution in [-0.4, -0.2) is 47.9 Å². The van der Waals surface area contributed by atoms with Gasteiger partial charge in [0.15, 0.2) is 6.10 Å². The number of esters is 1. The number of carbonyl (C=O) groups is 3. The molecular weight excluding hydrogens is 332 g/mol. The Balaban J connectivity index is 1.76. The number of piperidine rings is 1. The third-order valence-electron chi connectivity index (χ3n) is 4.64. The lowest BCUT2D eigenvalue weighted by Gasteiger charge is -2.32. The summed E-state index contributed by atoms with van der Waals surface area (Å²) in [5, 5.41) is 2.76. The Morgan fingerprint density at radius 2 is 1.77 bits per heavy atom. The zero-order valence-corrected chi connectivity index (χ0v) is 15.7. The van der Waals surface area contributed by atoms with Crippen molar-refractivity contribution in [2.45, 2.75) is 52.2 Å². The fourth-order valence-corrected chi connectivity index (χ4v) is 2.98. The first-order chi connectivity index (χ1) is 12.4. The second-order valence-corrected chi connectivity index (χ2v) is 7.08. The van der Waals surface area contributed by atoms with E-state index in [9.17, 15) is 14.4 Å². The van der Waals surface area contributed by atoms with E-state index in [2.05, 4.69) is 12.2 Å². The highest BCUT2D eigenvalue weighted by Crippen LogP contribution is 2.17. The predicted octanol–water partition coefficient (Wildman–Crippen LogP) is 2.39. The summed E-state index contributed by atoms with van der Waals surface area (Å²) < 4.78 is 5.27. The fourth-order valence-electron chi connectivity index (χ4n) is 2.98. The predicted molar refractivity (Wildman–Crippen MR) is 98.5 cm³/mol. The van der Waals surface area contributed by atoms with Crippen molar-refractivity contribution in [3.05, 3.63) is 35.9 Å². The standard InChI is InChI=1S/C20H28N2O4/c1-14-9-11-22(12-10-14)20(25)16(3)26-18(23)13-15(2)21-19(24)17-7-5-4-6-8-17/h4-8,14-16H,9-13H2,1-3H3,(H,21,24). The van der Waals surface area contributed by atoms with E-state index in [1.54, 1.807) is 43.0 Å². The van der Waals surface area contributed by atoms with Crippen molar-refractivity contribution in [2.75, 3.05) is 13.1 Å². The summed E-state index contributed by atoms with van der Waals surface area (Å²) in [4.78, 5) is 38.3. The van der Waals surface area contributed by atoms with E-state index >= 15 is 0 Å². The molecule has 6 nitrogen and oxygen atoms in total. The number of hydrogen-bond donors (Lipinski definition) is 1. The van der Waals surface area contributed by atoms with Crippen LogP contribution in [0.5, 0.6) is 0 Å². The van der Waals surface area contributed by atoms with Crippen LogP contribution < -0.4 is 5.32 Å². The molecule has 0 saturated carbocycles. The van der Waals surface area contributed by atoms with Gasteiger partial charge in [0, 0.05) is 24.7 Å². The van der Waals surface area contributed by atoms with Crippen LogP contribution in [0, 0.1) is 5.92 Å². The second kappa shape index (κ2) is 9.36. The van der Waals surface area contributed by atoms with E-state index < -0.39 is 12.1 Å². The molecule has 1 aliphatic rings. The minimum absolute atomic E-state index is 0.0211. The van der Waals surface area contributed by atoms with Crippen molar-refractivity contribution >= 4 is 17.8 Å². The molecule has 1 saturated heterocycles. The van der Waals surface area contributed by atoms with Gasteiger partial charge < -0.3 is 15.0 Å². The van der Waals surface area contributed by atoms with Crippen molar-refractivity contribution < 1.29 is 19.1 Å². The molecule has 2 unspecified atom stereocenters. The van der Waals surface area contributed by atoms with Gasteiger partial charge in [0.05, 0.1) is 6.42 Å². The molecule has 0 bridgehead atoms. The van der Waals surface area contributed by atoms with Gasteiger partial charge in [-0.05, 0) is 44.7 Å². The van der Waals surface area contributed by atoms with E-state index in [-0.39, 0.29) is 24.3 Å². The molecule has 6 heteroatoms. The van der Waals surface area contributed by atoms with Gasteiger partial charge in [-0.1, -0.05) is 25.1 Å². The summed E-state index contributed by atoms with van der Waals surface area (Å²) >= 11 is 0. The second-order valence-electron chi connectivity index (χ2n) is 7.08. The molecule has 1 N–H and O–H groups in total. The number of likely N-dealkylation sites (tertiary alicyclic amines) is 1. The van der Waals surface area contributed by atoms with Crippen molar-refractivity contribution in [3.8, 4) is 0 Å². The molecule has 142 valence electrons. The Bertz CT molecular complexity index is 624. The zero-order valence-electron chi connectivity index (χ0n) is 15.7. The van der Waals surface area contributed by atoms with E-state index in [0.717, 1.165) is 12.8 Å². The summed E-state index contributed by atoms with van der Waals surface area (Å²) in [5.74, 6) is -0.244. The highest BCUT2D eigenvalue weighted by molar-refractivity contribution is 5.94. The number of hydrogen-bond acceptors (Lipinski definition) is 4. The Labute approximate surface area is 154 Å². The van der Waals surface area contributed by atoms with Gasteiger partial charge in [-0.25, -0.2) is 0 Å². The maximum absolute atomic E-state index is 12.4. The molecule has 2 atom stereocenters. The van der Waals surface area contributed by atoms with Crippen LogP contribution in [-0.2, 0) is 14.3 Å². The number of nitrogens with one attached hydrogen (secondary N) is 1. The van der Waals surface area contributed by atoms with Gasteiger partial charge >= 0.3 is 5.97 Å². The first kappa shape index (κ1) is 19.9. The molecule has 0 spiro atoms. The van der Waals surface area contributed by atoms with Crippen LogP contribution in [0.15, 0.2) is 30.3 Å². The topological polar surface area (TPSA) is 75.7 Å². The van der Waals surface area contributed by atoms with Crippen LogP contribution in [0.25, 0.3) is 0 Å². The molecule has 1 aromatic rings. The van der Waals surface area contributed by atoms with Crippen LogP contribution >= 0.6 is 0 Å². The number of rotatable bonds is 6. The van der Waals surface area contributed by atoms with E-state index in [1.165, 1.54) is 0 Å². The monoisotopic (exact) mass is 360 g/mol. The molecule has 1 heterocycles. The van der Waals surface area contributed by atoms with Crippen molar-refractivity contribution in [2.24, 2.45) is 5.92 Å². The number of ether oxygens (including phenoxy) is 1. The lowest BCUT2D eigenvalue weighted by Crippen LogP contribution is -2.44. The largest absolute Gasteiger partial charge is 0.452 e. The Morgan fingerprint density at radius 3 is 2.38 bits per heavy atom. The van der Waals surface area contributed by atoms with Gasteiger partial charge in [0.25, 0.3) is 11.8 Å². The van der Waals surface area contributed by atoms with Crippen LogP contribution in [0.1, 0.15) is 50.4 Å². The number of nitrogens with zero attached hydrogens (tertiary/aromatic N) is 1. The summed E-state index contributed by atoms with van der Waals surface area (Å²) in [6.45, 7) is 6.94. The quantitative estimate of drug-likeness (QED) is 0.791. The zero-order chi connectivity index (χ0) is 19.1. The lowest BCUT2D eigenvalue weighted by atomic mass is 9.99. The van der Waals surface area contributed by atoms with Crippen molar-refractivity contribution in [1.82, 2.24) is 10.2 Å². The maximum atomic E-state index is 12.4. The van der Waals surface area contributed by atoms with Crippen molar-refractivity contribution in [1.29, 1.82) is 0 Å². The summed E-state index contributed by atoms with van der Waals surface area (Å²) in [6.07, 6.45) is 1.19. The molecule has 0 radical (unpaired) electrons. The third kappa shape index (κ3) is 5.86. The van der Waals surface area contributed by atoms with Gasteiger partial charge in [-0.3, -0.25) is 14.4 Å².